The number of rotatable bonds is 15. The summed E-state index contributed by atoms with van der Waals surface area (Å²) in [5.41, 5.74) is 1.70. The zero-order valence-corrected chi connectivity index (χ0v) is 17.2. The average Bonchev–Trinajstić information content (AvgIpc) is 2.51. The SMILES string of the molecule is CCCCCCCCC(C=C(CCC)CCC)N(CC)C(C)C. The zero-order valence-electron chi connectivity index (χ0n) is 17.2. The highest BCUT2D eigenvalue weighted by Gasteiger charge is 2.18. The van der Waals surface area contributed by atoms with Gasteiger partial charge in [-0.25, -0.2) is 0 Å². The molecule has 0 aromatic heterocycles. The van der Waals surface area contributed by atoms with Crippen LogP contribution in [-0.4, -0.2) is 23.5 Å². The van der Waals surface area contributed by atoms with Crippen LogP contribution in [-0.2, 0) is 0 Å². The lowest BCUT2D eigenvalue weighted by Crippen LogP contribution is -2.39. The van der Waals surface area contributed by atoms with E-state index in [1.165, 1.54) is 77.2 Å². The zero-order chi connectivity index (χ0) is 17.5. The van der Waals surface area contributed by atoms with E-state index >= 15 is 0 Å². The number of unbranched alkanes of at least 4 members (excludes halogenated alkanes) is 5. The Bertz CT molecular complexity index is 272. The summed E-state index contributed by atoms with van der Waals surface area (Å²) in [6.45, 7) is 15.1. The number of allylic oxidation sites excluding steroid dienone is 1. The molecular formula is C22H45N. The van der Waals surface area contributed by atoms with Gasteiger partial charge in [0.1, 0.15) is 0 Å². The molecule has 0 aliphatic rings. The van der Waals surface area contributed by atoms with Crippen LogP contribution >= 0.6 is 0 Å². The summed E-state index contributed by atoms with van der Waals surface area (Å²) >= 11 is 0. The Morgan fingerprint density at radius 1 is 0.783 bits per heavy atom. The van der Waals surface area contributed by atoms with E-state index in [2.05, 4.69) is 52.5 Å². The van der Waals surface area contributed by atoms with Gasteiger partial charge in [-0.1, -0.05) is 90.7 Å². The second kappa shape index (κ2) is 15.2. The maximum absolute atomic E-state index is 2.69. The minimum absolute atomic E-state index is 0.644. The molecule has 0 bridgehead atoms. The third kappa shape index (κ3) is 11.0. The van der Waals surface area contributed by atoms with Crippen molar-refractivity contribution in [1.29, 1.82) is 0 Å². The van der Waals surface area contributed by atoms with E-state index in [0.717, 1.165) is 0 Å². The van der Waals surface area contributed by atoms with Crippen LogP contribution in [0, 0.1) is 0 Å². The lowest BCUT2D eigenvalue weighted by Gasteiger charge is -2.33. The summed E-state index contributed by atoms with van der Waals surface area (Å²) in [7, 11) is 0. The fourth-order valence-electron chi connectivity index (χ4n) is 3.67. The Morgan fingerprint density at radius 2 is 1.35 bits per heavy atom. The van der Waals surface area contributed by atoms with Gasteiger partial charge in [0, 0.05) is 12.1 Å². The van der Waals surface area contributed by atoms with Gasteiger partial charge in [-0.05, 0) is 39.7 Å². The molecule has 0 aliphatic heterocycles. The standard InChI is InChI=1S/C22H45N/c1-7-11-12-13-14-15-18-22(23(10-4)20(5)6)19-21(16-8-2)17-9-3/h19-20,22H,7-18H2,1-6H3. The van der Waals surface area contributed by atoms with Gasteiger partial charge in [0.2, 0.25) is 0 Å². The Labute approximate surface area is 147 Å². The maximum Gasteiger partial charge on any atom is 0.0283 e. The topological polar surface area (TPSA) is 3.24 Å². The van der Waals surface area contributed by atoms with Gasteiger partial charge in [-0.3, -0.25) is 4.90 Å². The molecule has 0 fully saturated rings. The third-order valence-corrected chi connectivity index (χ3v) is 4.88. The molecule has 138 valence electrons. The molecular weight excluding hydrogens is 278 g/mol. The first-order valence-electron chi connectivity index (χ1n) is 10.6. The number of hydrogen-bond acceptors (Lipinski definition) is 1. The Hall–Kier alpha value is -0.300. The number of nitrogens with zero attached hydrogens (tertiary/aromatic N) is 1. The molecule has 0 aliphatic carbocycles. The van der Waals surface area contributed by atoms with Crippen molar-refractivity contribution in [1.82, 2.24) is 4.90 Å². The summed E-state index contributed by atoms with van der Waals surface area (Å²) < 4.78 is 0. The van der Waals surface area contributed by atoms with Gasteiger partial charge in [0.05, 0.1) is 0 Å². The van der Waals surface area contributed by atoms with Crippen LogP contribution in [0.1, 0.15) is 112 Å². The first-order chi connectivity index (χ1) is 11.1. The molecule has 1 unspecified atom stereocenters. The fourth-order valence-corrected chi connectivity index (χ4v) is 3.67. The molecule has 0 spiro atoms. The monoisotopic (exact) mass is 323 g/mol. The number of likely N-dealkylation sites (N-methyl/N-ethyl adjacent to an activating group) is 1. The summed E-state index contributed by atoms with van der Waals surface area (Å²) in [6, 6.07) is 1.30. The lowest BCUT2D eigenvalue weighted by molar-refractivity contribution is 0.180. The molecule has 0 radical (unpaired) electrons. The van der Waals surface area contributed by atoms with E-state index in [0.29, 0.717) is 12.1 Å². The van der Waals surface area contributed by atoms with E-state index in [9.17, 15) is 0 Å². The van der Waals surface area contributed by atoms with E-state index in [-0.39, 0.29) is 0 Å². The lowest BCUT2D eigenvalue weighted by atomic mass is 9.97. The van der Waals surface area contributed by atoms with Gasteiger partial charge in [0.25, 0.3) is 0 Å². The maximum atomic E-state index is 2.69. The van der Waals surface area contributed by atoms with E-state index < -0.39 is 0 Å². The molecule has 0 saturated carbocycles. The van der Waals surface area contributed by atoms with Gasteiger partial charge in [-0.2, -0.15) is 0 Å². The van der Waals surface area contributed by atoms with Gasteiger partial charge >= 0.3 is 0 Å². The van der Waals surface area contributed by atoms with Crippen molar-refractivity contribution in [2.75, 3.05) is 6.54 Å². The van der Waals surface area contributed by atoms with E-state index in [1.807, 2.05) is 0 Å². The predicted octanol–water partition coefficient (Wildman–Crippen LogP) is 7.36. The van der Waals surface area contributed by atoms with Crippen LogP contribution < -0.4 is 0 Å². The highest BCUT2D eigenvalue weighted by molar-refractivity contribution is 5.07. The minimum Gasteiger partial charge on any atom is -0.295 e. The van der Waals surface area contributed by atoms with Crippen LogP contribution in [0.25, 0.3) is 0 Å². The van der Waals surface area contributed by atoms with Crippen LogP contribution in [0.5, 0.6) is 0 Å². The molecule has 0 aromatic carbocycles. The molecule has 1 heteroatoms. The molecule has 0 amide bonds. The van der Waals surface area contributed by atoms with Crippen molar-refractivity contribution in [2.45, 2.75) is 124 Å². The molecule has 23 heavy (non-hydrogen) atoms. The van der Waals surface area contributed by atoms with Crippen molar-refractivity contribution in [3.8, 4) is 0 Å². The quantitative estimate of drug-likeness (QED) is 0.225. The second-order valence-electron chi connectivity index (χ2n) is 7.37. The predicted molar refractivity (Wildman–Crippen MR) is 107 cm³/mol. The fraction of sp³-hybridized carbons (Fsp3) is 0.909. The van der Waals surface area contributed by atoms with Crippen molar-refractivity contribution in [2.24, 2.45) is 0 Å². The van der Waals surface area contributed by atoms with Gasteiger partial charge in [0.15, 0.2) is 0 Å². The summed E-state index contributed by atoms with van der Waals surface area (Å²) in [4.78, 5) is 2.69. The molecule has 1 atom stereocenters. The Morgan fingerprint density at radius 3 is 1.83 bits per heavy atom. The second-order valence-corrected chi connectivity index (χ2v) is 7.37. The Kier molecular flexibility index (Phi) is 15.0. The summed E-state index contributed by atoms with van der Waals surface area (Å²) in [5.74, 6) is 0. The van der Waals surface area contributed by atoms with Crippen molar-refractivity contribution < 1.29 is 0 Å². The van der Waals surface area contributed by atoms with Crippen molar-refractivity contribution >= 4 is 0 Å². The number of hydrogen-bond donors (Lipinski definition) is 0. The molecule has 0 aromatic rings. The van der Waals surface area contributed by atoms with Crippen LogP contribution in [0.3, 0.4) is 0 Å². The van der Waals surface area contributed by atoms with E-state index in [4.69, 9.17) is 0 Å². The molecule has 0 heterocycles. The van der Waals surface area contributed by atoms with Crippen LogP contribution in [0.2, 0.25) is 0 Å². The molecule has 1 nitrogen and oxygen atoms in total. The Balaban J connectivity index is 4.69. The average molecular weight is 324 g/mol. The third-order valence-electron chi connectivity index (χ3n) is 4.88. The first kappa shape index (κ1) is 22.7. The summed E-state index contributed by atoms with van der Waals surface area (Å²) in [6.07, 6.45) is 17.5. The highest BCUT2D eigenvalue weighted by atomic mass is 15.2. The molecule has 0 rings (SSSR count). The van der Waals surface area contributed by atoms with Crippen molar-refractivity contribution in [3.05, 3.63) is 11.6 Å². The normalized spacial score (nSPS) is 12.9. The molecule has 0 saturated heterocycles. The smallest absolute Gasteiger partial charge is 0.0283 e. The largest absolute Gasteiger partial charge is 0.295 e. The van der Waals surface area contributed by atoms with Crippen LogP contribution in [0.15, 0.2) is 11.6 Å². The van der Waals surface area contributed by atoms with E-state index in [1.54, 1.807) is 5.57 Å². The summed E-state index contributed by atoms with van der Waals surface area (Å²) in [5, 5.41) is 0. The van der Waals surface area contributed by atoms with Gasteiger partial charge < -0.3 is 0 Å². The highest BCUT2D eigenvalue weighted by Crippen LogP contribution is 2.21. The molecule has 0 N–H and O–H groups in total. The minimum atomic E-state index is 0.644. The first-order valence-corrected chi connectivity index (χ1v) is 10.6. The van der Waals surface area contributed by atoms with Gasteiger partial charge in [-0.15, -0.1) is 0 Å². The van der Waals surface area contributed by atoms with Crippen LogP contribution in [0.4, 0.5) is 0 Å². The van der Waals surface area contributed by atoms with Crippen molar-refractivity contribution in [3.63, 3.8) is 0 Å².